The first kappa shape index (κ1) is 21.4. The summed E-state index contributed by atoms with van der Waals surface area (Å²) in [4.78, 5) is 16.4. The Kier molecular flexibility index (Phi) is 5.62. The highest BCUT2D eigenvalue weighted by Gasteiger charge is 2.28. The summed E-state index contributed by atoms with van der Waals surface area (Å²) in [5.74, 6) is -1.60. The molecule has 8 nitrogen and oxygen atoms in total. The Bertz CT molecular complexity index is 1400. The highest BCUT2D eigenvalue weighted by Crippen LogP contribution is 2.30. The minimum absolute atomic E-state index is 0.0591. The lowest BCUT2D eigenvalue weighted by Crippen LogP contribution is -2.25. The quantitative estimate of drug-likeness (QED) is 0.577. The van der Waals surface area contributed by atoms with Gasteiger partial charge in [0, 0.05) is 17.3 Å². The van der Waals surface area contributed by atoms with E-state index in [1.54, 1.807) is 38.1 Å². The van der Waals surface area contributed by atoms with Crippen molar-refractivity contribution >= 4 is 44.1 Å². The minimum Gasteiger partial charge on any atom is -0.462 e. The molecule has 10 heteroatoms. The third-order valence-electron chi connectivity index (χ3n) is 4.76. The number of anilines is 2. The first-order valence-electron chi connectivity index (χ1n) is 9.71. The number of ether oxygens (including phenoxy) is 1. The molecule has 0 spiro atoms. The zero-order valence-electron chi connectivity index (χ0n) is 17.2. The van der Waals surface area contributed by atoms with Gasteiger partial charge in [0.1, 0.15) is 16.9 Å². The molecule has 0 fully saturated rings. The molecule has 0 bridgehead atoms. The summed E-state index contributed by atoms with van der Waals surface area (Å²) in [5.41, 5.74) is 1.36. The third kappa shape index (κ3) is 3.92. The van der Waals surface area contributed by atoms with E-state index in [0.717, 1.165) is 12.1 Å². The number of fused-ring (bicyclic) bond motifs is 2. The predicted molar refractivity (Wildman–Crippen MR) is 119 cm³/mol. The second-order valence-electron chi connectivity index (χ2n) is 6.88. The fourth-order valence-electron chi connectivity index (χ4n) is 3.36. The first-order chi connectivity index (χ1) is 15.3. The van der Waals surface area contributed by atoms with E-state index in [1.165, 1.54) is 18.3 Å². The SMILES string of the molecule is CCOC(=O)C1=C(C)Nc2ccccc2N/C1=N\S(=O)(=O)c1ccc(F)c2ncccc12. The number of aromatic nitrogens is 1. The zero-order valence-corrected chi connectivity index (χ0v) is 18.0. The summed E-state index contributed by atoms with van der Waals surface area (Å²) < 4.78 is 49.8. The summed E-state index contributed by atoms with van der Waals surface area (Å²) in [6.45, 7) is 3.36. The number of amidine groups is 1. The van der Waals surface area contributed by atoms with Crippen LogP contribution in [0.5, 0.6) is 0 Å². The van der Waals surface area contributed by atoms with Gasteiger partial charge in [0.2, 0.25) is 0 Å². The van der Waals surface area contributed by atoms with E-state index in [0.29, 0.717) is 17.1 Å². The van der Waals surface area contributed by atoms with Gasteiger partial charge in [-0.1, -0.05) is 12.1 Å². The molecule has 0 amide bonds. The number of rotatable bonds is 4. The number of allylic oxidation sites excluding steroid dienone is 1. The molecule has 1 aliphatic rings. The van der Waals surface area contributed by atoms with E-state index < -0.39 is 21.8 Å². The number of carbonyl (C=O) groups excluding carboxylic acids is 1. The average molecular weight is 454 g/mol. The lowest BCUT2D eigenvalue weighted by atomic mass is 10.2. The van der Waals surface area contributed by atoms with Gasteiger partial charge in [-0.2, -0.15) is 8.42 Å². The molecule has 0 saturated carbocycles. The zero-order chi connectivity index (χ0) is 22.9. The van der Waals surface area contributed by atoms with E-state index in [-0.39, 0.29) is 33.8 Å². The van der Waals surface area contributed by atoms with Crippen LogP contribution in [0, 0.1) is 5.82 Å². The monoisotopic (exact) mass is 454 g/mol. The Morgan fingerprint density at radius 1 is 1.09 bits per heavy atom. The van der Waals surface area contributed by atoms with E-state index in [2.05, 4.69) is 20.0 Å². The van der Waals surface area contributed by atoms with E-state index >= 15 is 0 Å². The molecule has 3 aromatic rings. The first-order valence-corrected chi connectivity index (χ1v) is 11.2. The molecule has 1 aromatic heterocycles. The van der Waals surface area contributed by atoms with Crippen molar-refractivity contribution < 1.29 is 22.3 Å². The number of nitrogens with zero attached hydrogens (tertiary/aromatic N) is 2. The van der Waals surface area contributed by atoms with Crippen LogP contribution in [0.4, 0.5) is 15.8 Å². The molecule has 32 heavy (non-hydrogen) atoms. The Morgan fingerprint density at radius 2 is 1.81 bits per heavy atom. The summed E-state index contributed by atoms with van der Waals surface area (Å²) in [5, 5.41) is 6.10. The van der Waals surface area contributed by atoms with Gasteiger partial charge in [0.15, 0.2) is 5.84 Å². The molecule has 0 saturated heterocycles. The molecule has 0 radical (unpaired) electrons. The Hall–Kier alpha value is -3.79. The van der Waals surface area contributed by atoms with Crippen molar-refractivity contribution in [3.63, 3.8) is 0 Å². The molecule has 4 rings (SSSR count). The van der Waals surface area contributed by atoms with Crippen molar-refractivity contribution in [1.29, 1.82) is 0 Å². The average Bonchev–Trinajstić information content (AvgIpc) is 2.88. The number of halogens is 1. The third-order valence-corrected chi connectivity index (χ3v) is 6.10. The Labute approximate surface area is 183 Å². The fraction of sp³-hybridized carbons (Fsp3) is 0.136. The number of nitrogens with one attached hydrogen (secondary N) is 2. The van der Waals surface area contributed by atoms with Gasteiger partial charge in [-0.05, 0) is 50.2 Å². The van der Waals surface area contributed by atoms with Gasteiger partial charge in [-0.25, -0.2) is 9.18 Å². The summed E-state index contributed by atoms with van der Waals surface area (Å²) in [6, 6.07) is 12.1. The summed E-state index contributed by atoms with van der Waals surface area (Å²) in [6.07, 6.45) is 1.37. The van der Waals surface area contributed by atoms with Crippen LogP contribution in [0.25, 0.3) is 10.9 Å². The largest absolute Gasteiger partial charge is 0.462 e. The summed E-state index contributed by atoms with van der Waals surface area (Å²) >= 11 is 0. The van der Waals surface area contributed by atoms with Crippen LogP contribution < -0.4 is 10.6 Å². The highest BCUT2D eigenvalue weighted by molar-refractivity contribution is 7.90. The van der Waals surface area contributed by atoms with Crippen LogP contribution in [0.15, 0.2) is 75.3 Å². The number of para-hydroxylation sites is 2. The smallest absolute Gasteiger partial charge is 0.343 e. The van der Waals surface area contributed by atoms with E-state index in [1.807, 2.05) is 0 Å². The maximum atomic E-state index is 14.2. The Balaban J connectivity index is 1.92. The predicted octanol–water partition coefficient (Wildman–Crippen LogP) is 3.84. The van der Waals surface area contributed by atoms with Crippen molar-refractivity contribution in [2.24, 2.45) is 4.40 Å². The van der Waals surface area contributed by atoms with Gasteiger partial charge in [-0.15, -0.1) is 4.40 Å². The van der Waals surface area contributed by atoms with Crippen molar-refractivity contribution in [3.05, 3.63) is 71.8 Å². The summed E-state index contributed by atoms with van der Waals surface area (Å²) in [7, 11) is -4.38. The molecule has 2 N–H and O–H groups in total. The maximum absolute atomic E-state index is 14.2. The Morgan fingerprint density at radius 3 is 2.53 bits per heavy atom. The number of hydrogen-bond acceptors (Lipinski definition) is 6. The number of pyridine rings is 1. The topological polar surface area (TPSA) is 110 Å². The lowest BCUT2D eigenvalue weighted by Gasteiger charge is -2.12. The number of benzene rings is 2. The van der Waals surface area contributed by atoms with Gasteiger partial charge < -0.3 is 15.4 Å². The van der Waals surface area contributed by atoms with Gasteiger partial charge in [-0.3, -0.25) is 4.98 Å². The standard InChI is InChI=1S/C22H19FN4O4S/c1-3-31-22(28)19-13(2)25-16-8-4-5-9-17(16)26-21(19)27-32(29,30)18-11-10-15(23)20-14(18)7-6-12-24-20/h4-12,25H,3H2,1-2H3,(H,26,27). The van der Waals surface area contributed by atoms with Gasteiger partial charge in [0.05, 0.1) is 22.9 Å². The highest BCUT2D eigenvalue weighted by atomic mass is 32.2. The van der Waals surface area contributed by atoms with Crippen LogP contribution in [0.2, 0.25) is 0 Å². The minimum atomic E-state index is -4.38. The molecule has 0 atom stereocenters. The normalized spacial score (nSPS) is 15.0. The van der Waals surface area contributed by atoms with Crippen molar-refractivity contribution in [2.75, 3.05) is 17.2 Å². The molecule has 0 unspecified atom stereocenters. The van der Waals surface area contributed by atoms with Crippen LogP contribution in [0.1, 0.15) is 13.8 Å². The number of carbonyl (C=O) groups is 1. The van der Waals surface area contributed by atoms with Gasteiger partial charge >= 0.3 is 5.97 Å². The van der Waals surface area contributed by atoms with Crippen molar-refractivity contribution in [1.82, 2.24) is 4.98 Å². The second-order valence-corrected chi connectivity index (χ2v) is 8.45. The molecular weight excluding hydrogens is 435 g/mol. The molecule has 1 aliphatic heterocycles. The van der Waals surface area contributed by atoms with Crippen molar-refractivity contribution in [3.8, 4) is 0 Å². The van der Waals surface area contributed by atoms with Crippen LogP contribution >= 0.6 is 0 Å². The molecular formula is C22H19FN4O4S. The second kappa shape index (κ2) is 8.39. The van der Waals surface area contributed by atoms with Gasteiger partial charge in [0.25, 0.3) is 10.0 Å². The number of esters is 1. The van der Waals surface area contributed by atoms with Crippen LogP contribution in [0.3, 0.4) is 0 Å². The molecule has 2 heterocycles. The van der Waals surface area contributed by atoms with Crippen LogP contribution in [-0.2, 0) is 19.6 Å². The number of hydrogen-bond donors (Lipinski definition) is 2. The fourth-order valence-corrected chi connectivity index (χ4v) is 4.52. The van der Waals surface area contributed by atoms with E-state index in [4.69, 9.17) is 4.74 Å². The van der Waals surface area contributed by atoms with E-state index in [9.17, 15) is 17.6 Å². The van der Waals surface area contributed by atoms with Crippen LogP contribution in [-0.4, -0.2) is 31.8 Å². The lowest BCUT2D eigenvalue weighted by molar-refractivity contribution is -0.137. The maximum Gasteiger partial charge on any atom is 0.343 e. The molecule has 164 valence electrons. The molecule has 0 aliphatic carbocycles. The van der Waals surface area contributed by atoms with Crippen molar-refractivity contribution in [2.45, 2.75) is 18.7 Å². The molecule has 2 aromatic carbocycles. The number of sulfonamides is 1.